The van der Waals surface area contributed by atoms with Gasteiger partial charge >= 0.3 is 0 Å². The van der Waals surface area contributed by atoms with E-state index in [0.717, 1.165) is 28.9 Å². The molecular formula is C15H18N2OS. The second-order valence-electron chi connectivity index (χ2n) is 5.07. The van der Waals surface area contributed by atoms with Crippen molar-refractivity contribution in [3.63, 3.8) is 0 Å². The van der Waals surface area contributed by atoms with Crippen LogP contribution in [0.1, 0.15) is 12.0 Å². The highest BCUT2D eigenvalue weighted by molar-refractivity contribution is 7.99. The monoisotopic (exact) mass is 274 g/mol. The first kappa shape index (κ1) is 12.8. The third-order valence-electron chi connectivity index (χ3n) is 3.60. The Kier molecular flexibility index (Phi) is 3.89. The molecule has 0 aliphatic carbocycles. The van der Waals surface area contributed by atoms with Crippen LogP contribution in [0.2, 0.25) is 0 Å². The van der Waals surface area contributed by atoms with Gasteiger partial charge < -0.3 is 10.3 Å². The highest BCUT2D eigenvalue weighted by Gasteiger charge is 2.14. The molecule has 1 atom stereocenters. The van der Waals surface area contributed by atoms with Crippen LogP contribution < -0.4 is 10.9 Å². The van der Waals surface area contributed by atoms with Gasteiger partial charge in [-0.25, -0.2) is 0 Å². The van der Waals surface area contributed by atoms with Crippen molar-refractivity contribution in [1.29, 1.82) is 0 Å². The van der Waals surface area contributed by atoms with E-state index in [1.807, 2.05) is 42.1 Å². The molecule has 3 rings (SSSR count). The SMILES string of the molecule is O=c1[nH]c2ccccc2cc1CNCC1CCSC1. The van der Waals surface area contributed by atoms with Gasteiger partial charge in [-0.1, -0.05) is 18.2 Å². The molecule has 1 saturated heterocycles. The molecule has 0 bridgehead atoms. The Hall–Kier alpha value is -1.26. The number of aromatic nitrogens is 1. The molecule has 1 fully saturated rings. The molecular weight excluding hydrogens is 256 g/mol. The van der Waals surface area contributed by atoms with E-state index in [-0.39, 0.29) is 5.56 Å². The van der Waals surface area contributed by atoms with E-state index in [9.17, 15) is 4.79 Å². The number of H-pyrrole nitrogens is 1. The van der Waals surface area contributed by atoms with Gasteiger partial charge in [-0.05, 0) is 47.9 Å². The average Bonchev–Trinajstić information content (AvgIpc) is 2.92. The first-order valence-corrected chi connectivity index (χ1v) is 7.88. The molecule has 0 saturated carbocycles. The maximum Gasteiger partial charge on any atom is 0.252 e. The van der Waals surface area contributed by atoms with E-state index in [0.29, 0.717) is 6.54 Å². The Bertz CT molecular complexity index is 617. The van der Waals surface area contributed by atoms with E-state index in [4.69, 9.17) is 0 Å². The zero-order chi connectivity index (χ0) is 13.1. The summed E-state index contributed by atoms with van der Waals surface area (Å²) in [7, 11) is 0. The van der Waals surface area contributed by atoms with Crippen LogP contribution in [0.4, 0.5) is 0 Å². The molecule has 3 nitrogen and oxygen atoms in total. The molecule has 2 aromatic rings. The van der Waals surface area contributed by atoms with Crippen LogP contribution in [0, 0.1) is 5.92 Å². The Morgan fingerprint density at radius 1 is 1.37 bits per heavy atom. The maximum atomic E-state index is 12.0. The number of rotatable bonds is 4. The van der Waals surface area contributed by atoms with Crippen LogP contribution in [-0.2, 0) is 6.54 Å². The highest BCUT2D eigenvalue weighted by atomic mass is 32.2. The Balaban J connectivity index is 1.69. The number of thioether (sulfide) groups is 1. The smallest absolute Gasteiger partial charge is 0.252 e. The lowest BCUT2D eigenvalue weighted by Gasteiger charge is -2.10. The quantitative estimate of drug-likeness (QED) is 0.899. The third-order valence-corrected chi connectivity index (χ3v) is 4.83. The van der Waals surface area contributed by atoms with Gasteiger partial charge in [0.15, 0.2) is 0 Å². The molecule has 1 aliphatic heterocycles. The minimum Gasteiger partial charge on any atom is -0.322 e. The fourth-order valence-corrected chi connectivity index (χ4v) is 3.76. The van der Waals surface area contributed by atoms with Crippen molar-refractivity contribution in [1.82, 2.24) is 10.3 Å². The average molecular weight is 274 g/mol. The summed E-state index contributed by atoms with van der Waals surface area (Å²) < 4.78 is 0. The minimum atomic E-state index is 0.0204. The second kappa shape index (κ2) is 5.80. The fourth-order valence-electron chi connectivity index (χ4n) is 2.48. The lowest BCUT2D eigenvalue weighted by atomic mass is 10.1. The summed E-state index contributed by atoms with van der Waals surface area (Å²) in [6.07, 6.45) is 1.30. The number of nitrogens with one attached hydrogen (secondary N) is 2. The number of benzene rings is 1. The third kappa shape index (κ3) is 3.01. The zero-order valence-electron chi connectivity index (χ0n) is 10.8. The van der Waals surface area contributed by atoms with Gasteiger partial charge in [-0.15, -0.1) is 0 Å². The summed E-state index contributed by atoms with van der Waals surface area (Å²) in [6.45, 7) is 1.67. The van der Waals surface area contributed by atoms with Crippen LogP contribution in [0.3, 0.4) is 0 Å². The lowest BCUT2D eigenvalue weighted by molar-refractivity contribution is 0.522. The van der Waals surface area contributed by atoms with Crippen LogP contribution in [0.25, 0.3) is 10.9 Å². The number of pyridine rings is 1. The predicted molar refractivity (Wildman–Crippen MR) is 81.7 cm³/mol. The fraction of sp³-hybridized carbons (Fsp3) is 0.400. The van der Waals surface area contributed by atoms with E-state index >= 15 is 0 Å². The topological polar surface area (TPSA) is 44.9 Å². The van der Waals surface area contributed by atoms with Crippen molar-refractivity contribution in [3.05, 3.63) is 46.2 Å². The molecule has 100 valence electrons. The molecule has 1 aliphatic rings. The number of fused-ring (bicyclic) bond motifs is 1. The normalized spacial score (nSPS) is 19.1. The van der Waals surface area contributed by atoms with Crippen molar-refractivity contribution in [3.8, 4) is 0 Å². The Morgan fingerprint density at radius 3 is 3.11 bits per heavy atom. The van der Waals surface area contributed by atoms with E-state index in [1.165, 1.54) is 17.9 Å². The van der Waals surface area contributed by atoms with Crippen LogP contribution >= 0.6 is 11.8 Å². The van der Waals surface area contributed by atoms with E-state index < -0.39 is 0 Å². The van der Waals surface area contributed by atoms with Crippen molar-refractivity contribution in [2.24, 2.45) is 5.92 Å². The van der Waals surface area contributed by atoms with Gasteiger partial charge in [0.05, 0.1) is 0 Å². The Labute approximate surface area is 116 Å². The number of hydrogen-bond donors (Lipinski definition) is 2. The molecule has 1 unspecified atom stereocenters. The van der Waals surface area contributed by atoms with Gasteiger partial charge in [0.1, 0.15) is 0 Å². The van der Waals surface area contributed by atoms with E-state index in [1.54, 1.807) is 0 Å². The molecule has 2 heterocycles. The largest absolute Gasteiger partial charge is 0.322 e. The first-order chi connectivity index (χ1) is 9.33. The first-order valence-electron chi connectivity index (χ1n) is 6.72. The maximum absolute atomic E-state index is 12.0. The van der Waals surface area contributed by atoms with Crippen LogP contribution in [0.15, 0.2) is 35.1 Å². The van der Waals surface area contributed by atoms with Gasteiger partial charge in [0.2, 0.25) is 0 Å². The summed E-state index contributed by atoms with van der Waals surface area (Å²) in [5.41, 5.74) is 1.75. The summed E-state index contributed by atoms with van der Waals surface area (Å²) in [4.78, 5) is 14.9. The van der Waals surface area contributed by atoms with Crippen molar-refractivity contribution < 1.29 is 0 Å². The van der Waals surface area contributed by atoms with Gasteiger partial charge in [-0.3, -0.25) is 4.79 Å². The van der Waals surface area contributed by atoms with Gasteiger partial charge in [-0.2, -0.15) is 11.8 Å². The predicted octanol–water partition coefficient (Wildman–Crippen LogP) is 2.37. The van der Waals surface area contributed by atoms with E-state index in [2.05, 4.69) is 10.3 Å². The molecule has 1 aromatic heterocycles. The molecule has 0 amide bonds. The molecule has 1 aromatic carbocycles. The number of para-hydroxylation sites is 1. The summed E-state index contributed by atoms with van der Waals surface area (Å²) in [6, 6.07) is 9.89. The summed E-state index contributed by atoms with van der Waals surface area (Å²) in [5.74, 6) is 3.30. The minimum absolute atomic E-state index is 0.0204. The summed E-state index contributed by atoms with van der Waals surface area (Å²) >= 11 is 2.03. The molecule has 0 spiro atoms. The van der Waals surface area contributed by atoms with Crippen molar-refractivity contribution in [2.75, 3.05) is 18.1 Å². The molecule has 2 N–H and O–H groups in total. The zero-order valence-corrected chi connectivity index (χ0v) is 11.6. The van der Waals surface area contributed by atoms with Crippen molar-refractivity contribution in [2.45, 2.75) is 13.0 Å². The highest BCUT2D eigenvalue weighted by Crippen LogP contribution is 2.22. The Morgan fingerprint density at radius 2 is 2.26 bits per heavy atom. The summed E-state index contributed by atoms with van der Waals surface area (Å²) in [5, 5.41) is 4.51. The standard InChI is InChI=1S/C15H18N2OS/c18-15-13(9-16-8-11-5-6-19-10-11)7-12-3-1-2-4-14(12)17-15/h1-4,7,11,16H,5-6,8-10H2,(H,17,18). The number of aromatic amines is 1. The van der Waals surface area contributed by atoms with Gasteiger partial charge in [0.25, 0.3) is 5.56 Å². The van der Waals surface area contributed by atoms with Crippen molar-refractivity contribution >= 4 is 22.7 Å². The molecule has 4 heteroatoms. The number of hydrogen-bond acceptors (Lipinski definition) is 3. The molecule has 19 heavy (non-hydrogen) atoms. The second-order valence-corrected chi connectivity index (χ2v) is 6.22. The van der Waals surface area contributed by atoms with Gasteiger partial charge in [0, 0.05) is 17.6 Å². The van der Waals surface area contributed by atoms with Crippen LogP contribution in [0.5, 0.6) is 0 Å². The molecule has 0 radical (unpaired) electrons. The van der Waals surface area contributed by atoms with Crippen LogP contribution in [-0.4, -0.2) is 23.0 Å². The lowest BCUT2D eigenvalue weighted by Crippen LogP contribution is -2.25.